The van der Waals surface area contributed by atoms with Gasteiger partial charge in [0.1, 0.15) is 0 Å². The zero-order valence-corrected chi connectivity index (χ0v) is 10.5. The summed E-state index contributed by atoms with van der Waals surface area (Å²) in [6.07, 6.45) is 0. The number of nitrogens with zero attached hydrogens (tertiary/aromatic N) is 1. The lowest BCUT2D eigenvalue weighted by atomic mass is 9.93. The largest absolute Gasteiger partial charge is 0.478 e. The minimum atomic E-state index is -1.53. The predicted octanol–water partition coefficient (Wildman–Crippen LogP) is 2.66. The van der Waals surface area contributed by atoms with Crippen LogP contribution in [-0.4, -0.2) is 27.1 Å². The van der Waals surface area contributed by atoms with Gasteiger partial charge in [-0.3, -0.25) is 10.1 Å². The zero-order valence-electron chi connectivity index (χ0n) is 10.5. The molecule has 0 saturated heterocycles. The van der Waals surface area contributed by atoms with Crippen LogP contribution in [0.3, 0.4) is 0 Å². The highest BCUT2D eigenvalue weighted by Gasteiger charge is 2.28. The van der Waals surface area contributed by atoms with E-state index in [1.165, 1.54) is 12.1 Å². The van der Waals surface area contributed by atoms with E-state index in [9.17, 15) is 24.8 Å². The second kappa shape index (κ2) is 5.41. The van der Waals surface area contributed by atoms with Gasteiger partial charge in [0.25, 0.3) is 5.69 Å². The fourth-order valence-electron chi connectivity index (χ4n) is 2.04. The normalized spacial score (nSPS) is 10.1. The van der Waals surface area contributed by atoms with Crippen LogP contribution >= 0.6 is 0 Å². The molecule has 0 bridgehead atoms. The van der Waals surface area contributed by atoms with Gasteiger partial charge in [-0.05, 0) is 11.6 Å². The topological polar surface area (TPSA) is 118 Å². The molecule has 21 heavy (non-hydrogen) atoms. The molecule has 0 fully saturated rings. The summed E-state index contributed by atoms with van der Waals surface area (Å²) in [4.78, 5) is 32.9. The van der Waals surface area contributed by atoms with Crippen LogP contribution in [0.15, 0.2) is 42.5 Å². The molecule has 0 saturated carbocycles. The van der Waals surface area contributed by atoms with Crippen LogP contribution in [0.2, 0.25) is 0 Å². The average Bonchev–Trinajstić information content (AvgIpc) is 2.46. The van der Waals surface area contributed by atoms with Crippen LogP contribution in [0.5, 0.6) is 0 Å². The van der Waals surface area contributed by atoms with Crippen molar-refractivity contribution in [3.05, 3.63) is 63.7 Å². The lowest BCUT2D eigenvalue weighted by Gasteiger charge is -2.10. The van der Waals surface area contributed by atoms with Crippen molar-refractivity contribution in [2.75, 3.05) is 0 Å². The standard InChI is InChI=1S/C14H9NO6/c16-13(17)9-6-7-10(15(20)21)11(12(9)14(18)19)8-4-2-1-3-5-8/h1-7H,(H,16,17)(H,18,19). The third-order valence-electron chi connectivity index (χ3n) is 2.89. The van der Waals surface area contributed by atoms with E-state index in [0.717, 1.165) is 12.1 Å². The Hall–Kier alpha value is -3.22. The van der Waals surface area contributed by atoms with E-state index >= 15 is 0 Å². The molecule has 2 rings (SSSR count). The number of carboxylic acid groups (broad SMARTS) is 2. The molecule has 0 aliphatic rings. The first kappa shape index (κ1) is 14.2. The van der Waals surface area contributed by atoms with E-state index in [1.54, 1.807) is 18.2 Å². The van der Waals surface area contributed by atoms with Gasteiger partial charge in [0.2, 0.25) is 0 Å². The Bertz CT molecular complexity index is 739. The van der Waals surface area contributed by atoms with Gasteiger partial charge in [0, 0.05) is 6.07 Å². The van der Waals surface area contributed by atoms with Crippen LogP contribution in [0, 0.1) is 10.1 Å². The van der Waals surface area contributed by atoms with Gasteiger partial charge in [-0.25, -0.2) is 9.59 Å². The summed E-state index contributed by atoms with van der Waals surface area (Å²) in [5.41, 5.74) is -1.49. The van der Waals surface area contributed by atoms with Crippen molar-refractivity contribution in [2.45, 2.75) is 0 Å². The Kier molecular flexibility index (Phi) is 3.66. The van der Waals surface area contributed by atoms with Crippen molar-refractivity contribution in [2.24, 2.45) is 0 Å². The van der Waals surface area contributed by atoms with E-state index in [0.29, 0.717) is 0 Å². The molecular weight excluding hydrogens is 278 g/mol. The second-order valence-corrected chi connectivity index (χ2v) is 4.12. The highest BCUT2D eigenvalue weighted by molar-refractivity contribution is 6.08. The molecule has 0 heterocycles. The molecule has 0 unspecified atom stereocenters. The van der Waals surface area contributed by atoms with Crippen LogP contribution in [0.25, 0.3) is 11.1 Å². The monoisotopic (exact) mass is 287 g/mol. The quantitative estimate of drug-likeness (QED) is 0.659. The number of rotatable bonds is 4. The van der Waals surface area contributed by atoms with Crippen LogP contribution in [0.4, 0.5) is 5.69 Å². The summed E-state index contributed by atoms with van der Waals surface area (Å²) in [6, 6.07) is 9.72. The lowest BCUT2D eigenvalue weighted by Crippen LogP contribution is -2.11. The molecule has 7 heteroatoms. The van der Waals surface area contributed by atoms with Gasteiger partial charge >= 0.3 is 11.9 Å². The van der Waals surface area contributed by atoms with Gasteiger partial charge in [-0.1, -0.05) is 30.3 Å². The van der Waals surface area contributed by atoms with E-state index in [2.05, 4.69) is 0 Å². The summed E-state index contributed by atoms with van der Waals surface area (Å²) in [5.74, 6) is -2.99. The molecule has 2 aromatic carbocycles. The fraction of sp³-hybridized carbons (Fsp3) is 0. The Balaban J connectivity index is 2.92. The minimum Gasteiger partial charge on any atom is -0.478 e. The molecule has 106 valence electrons. The first-order chi connectivity index (χ1) is 9.93. The number of aromatic carboxylic acids is 2. The maximum Gasteiger partial charge on any atom is 0.337 e. The van der Waals surface area contributed by atoms with Gasteiger partial charge in [-0.15, -0.1) is 0 Å². The summed E-state index contributed by atoms with van der Waals surface area (Å²) >= 11 is 0. The molecule has 0 amide bonds. The van der Waals surface area contributed by atoms with Gasteiger partial charge in [0.05, 0.1) is 21.6 Å². The summed E-state index contributed by atoms with van der Waals surface area (Å²) in [6.45, 7) is 0. The van der Waals surface area contributed by atoms with Crippen molar-refractivity contribution in [1.29, 1.82) is 0 Å². The van der Waals surface area contributed by atoms with Crippen molar-refractivity contribution in [3.8, 4) is 11.1 Å². The van der Waals surface area contributed by atoms with Crippen LogP contribution in [0.1, 0.15) is 20.7 Å². The van der Waals surface area contributed by atoms with Gasteiger partial charge in [0.15, 0.2) is 0 Å². The van der Waals surface area contributed by atoms with Crippen LogP contribution in [-0.2, 0) is 0 Å². The molecule has 0 radical (unpaired) electrons. The number of nitro groups is 1. The molecule has 0 atom stereocenters. The zero-order chi connectivity index (χ0) is 15.6. The summed E-state index contributed by atoms with van der Waals surface area (Å²) in [5, 5.41) is 29.5. The molecule has 2 N–H and O–H groups in total. The van der Waals surface area contributed by atoms with E-state index in [4.69, 9.17) is 5.11 Å². The highest BCUT2D eigenvalue weighted by atomic mass is 16.6. The Labute approximate surface area is 118 Å². The highest BCUT2D eigenvalue weighted by Crippen LogP contribution is 2.35. The van der Waals surface area contributed by atoms with Crippen molar-refractivity contribution in [3.63, 3.8) is 0 Å². The minimum absolute atomic E-state index is 0.215. The molecule has 2 aromatic rings. The second-order valence-electron chi connectivity index (χ2n) is 4.12. The number of hydrogen-bond acceptors (Lipinski definition) is 4. The Morgan fingerprint density at radius 1 is 0.952 bits per heavy atom. The molecule has 0 aliphatic carbocycles. The first-order valence-electron chi connectivity index (χ1n) is 5.77. The first-order valence-corrected chi connectivity index (χ1v) is 5.77. The van der Waals surface area contributed by atoms with Gasteiger partial charge in [-0.2, -0.15) is 0 Å². The molecule has 7 nitrogen and oxygen atoms in total. The Morgan fingerprint density at radius 3 is 2.05 bits per heavy atom. The third kappa shape index (κ3) is 2.57. The van der Waals surface area contributed by atoms with E-state index < -0.39 is 33.7 Å². The fourth-order valence-corrected chi connectivity index (χ4v) is 2.04. The predicted molar refractivity (Wildman–Crippen MR) is 72.5 cm³/mol. The smallest absolute Gasteiger partial charge is 0.337 e. The summed E-state index contributed by atoms with van der Waals surface area (Å²) in [7, 11) is 0. The molecule has 0 spiro atoms. The molecule has 0 aliphatic heterocycles. The third-order valence-corrected chi connectivity index (χ3v) is 2.89. The van der Waals surface area contributed by atoms with E-state index in [1.807, 2.05) is 0 Å². The van der Waals surface area contributed by atoms with Crippen molar-refractivity contribution >= 4 is 17.6 Å². The number of benzene rings is 2. The van der Waals surface area contributed by atoms with E-state index in [-0.39, 0.29) is 11.1 Å². The summed E-state index contributed by atoms with van der Waals surface area (Å²) < 4.78 is 0. The van der Waals surface area contributed by atoms with Gasteiger partial charge < -0.3 is 10.2 Å². The van der Waals surface area contributed by atoms with Crippen molar-refractivity contribution in [1.82, 2.24) is 0 Å². The number of carbonyl (C=O) groups is 2. The molecule has 0 aromatic heterocycles. The lowest BCUT2D eigenvalue weighted by molar-refractivity contribution is -0.384. The van der Waals surface area contributed by atoms with Crippen LogP contribution < -0.4 is 0 Å². The Morgan fingerprint density at radius 2 is 1.57 bits per heavy atom. The van der Waals surface area contributed by atoms with Crippen molar-refractivity contribution < 1.29 is 24.7 Å². The maximum atomic E-state index is 11.4. The number of hydrogen-bond donors (Lipinski definition) is 2. The number of carboxylic acids is 2. The SMILES string of the molecule is O=C(O)c1ccc([N+](=O)[O-])c(-c2ccccc2)c1C(=O)O. The average molecular weight is 287 g/mol. The molecular formula is C14H9NO6. The number of nitro benzene ring substituents is 1. The maximum absolute atomic E-state index is 11.4.